The summed E-state index contributed by atoms with van der Waals surface area (Å²) in [6, 6.07) is 8.81. The summed E-state index contributed by atoms with van der Waals surface area (Å²) >= 11 is 11.2. The fraction of sp³-hybridized carbons (Fsp3) is 0.273. The Bertz CT molecular complexity index is 2110. The highest BCUT2D eigenvalue weighted by Gasteiger charge is 2.25. The number of carbonyl (C=O) groups is 3. The summed E-state index contributed by atoms with van der Waals surface area (Å²) < 4.78 is 19.3. The fourth-order valence-corrected chi connectivity index (χ4v) is 10.4. The molecule has 0 spiro atoms. The average Bonchev–Trinajstić information content (AvgIpc) is 3.14. The molecule has 0 amide bonds. The molecule has 0 bridgehead atoms. The molecule has 1 aromatic heterocycles. The molecule has 18 nitrogen and oxygen atoms in total. The number of esters is 3. The van der Waals surface area contributed by atoms with Gasteiger partial charge in [-0.2, -0.15) is 0 Å². The van der Waals surface area contributed by atoms with E-state index in [9.17, 15) is 59.4 Å². The molecule has 24 heteroatoms. The summed E-state index contributed by atoms with van der Waals surface area (Å²) in [7, 11) is 0. The summed E-state index contributed by atoms with van der Waals surface area (Å²) in [6.07, 6.45) is -5.27. The van der Waals surface area contributed by atoms with E-state index in [-0.39, 0.29) is 33.9 Å². The molecule has 57 heavy (non-hydrogen) atoms. The molecule has 3 unspecified atom stereocenters. The Balaban J connectivity index is 1.59. The molecule has 0 saturated heterocycles. The number of aromatic nitrogens is 3. The zero-order valence-electron chi connectivity index (χ0n) is 28.4. The van der Waals surface area contributed by atoms with E-state index in [2.05, 4.69) is 0 Å². The lowest BCUT2D eigenvalue weighted by molar-refractivity contribution is 0.0166. The second kappa shape index (κ2) is 21.1. The van der Waals surface area contributed by atoms with E-state index in [0.717, 1.165) is 0 Å². The second-order valence-electron chi connectivity index (χ2n) is 11.8. The van der Waals surface area contributed by atoms with Gasteiger partial charge in [0.05, 0.1) is 30.3 Å². The maximum atomic E-state index is 13.6. The number of nitrogens with zero attached hydrogens (tertiary/aromatic N) is 3. The van der Waals surface area contributed by atoms with Crippen LogP contribution in [0.15, 0.2) is 50.8 Å². The minimum Gasteiger partial charge on any atom is -0.506 e. The molecule has 6 N–H and O–H groups in total. The van der Waals surface area contributed by atoms with Gasteiger partial charge in [-0.1, -0.05) is 0 Å². The van der Waals surface area contributed by atoms with Gasteiger partial charge in [0, 0.05) is 10.7 Å². The van der Waals surface area contributed by atoms with Crippen molar-refractivity contribution in [2.45, 2.75) is 37.9 Å². The van der Waals surface area contributed by atoms with Gasteiger partial charge in [0.25, 0.3) is 0 Å². The first-order chi connectivity index (χ1) is 26.7. The molecule has 3 atom stereocenters. The number of rotatable bonds is 15. The molecule has 0 saturated carbocycles. The summed E-state index contributed by atoms with van der Waals surface area (Å²) in [6.45, 7) is -5.03. The van der Waals surface area contributed by atoms with Crippen molar-refractivity contribution >= 4 is 153 Å². The third kappa shape index (κ3) is 12.4. The molecule has 4 aromatic rings. The number of ether oxygens (including phenoxy) is 3. The lowest BCUT2D eigenvalue weighted by atomic mass is 10.2. The normalized spacial score (nSPS) is 12.8. The number of aromatic hydroxyl groups is 3. The van der Waals surface area contributed by atoms with E-state index < -0.39 is 92.7 Å². The lowest BCUT2D eigenvalue weighted by Crippen LogP contribution is -2.57. The zero-order valence-corrected chi connectivity index (χ0v) is 41.4. The van der Waals surface area contributed by atoms with Crippen molar-refractivity contribution in [3.05, 3.63) is 106 Å². The van der Waals surface area contributed by atoms with Crippen molar-refractivity contribution in [1.29, 1.82) is 0 Å². The number of aliphatic hydroxyl groups excluding tert-OH is 3. The Morgan fingerprint density at radius 3 is 0.930 bits per heavy atom. The number of halogens is 6. The largest absolute Gasteiger partial charge is 0.506 e. The minimum absolute atomic E-state index is 0.213. The standard InChI is InChI=1S/C33H27I6N3O15/c34-13-1-19(25(46)22(37)4-13)28(49)55-10-16(43)7-40-31(52)41(8-17(44)11-56-29(50)20-2-14(35)5-23(38)26(20)47)33(54)42(32(40)53)9-18(45)12-57-30(51)21-3-15(36)6-24(39)27(21)48/h1-6,16-18,43-48H,7-12H2. The number of carbonyl (C=O) groups excluding carboxylic acids is 3. The third-order valence-electron chi connectivity index (χ3n) is 7.53. The quantitative estimate of drug-likeness (QED) is 0.0568. The molecule has 1 heterocycles. The van der Waals surface area contributed by atoms with Crippen LogP contribution in [0.3, 0.4) is 0 Å². The van der Waals surface area contributed by atoms with Crippen molar-refractivity contribution in [2.75, 3.05) is 19.8 Å². The van der Waals surface area contributed by atoms with Crippen molar-refractivity contribution < 1.29 is 59.2 Å². The first-order valence-electron chi connectivity index (χ1n) is 15.7. The summed E-state index contributed by atoms with van der Waals surface area (Å²) in [5.41, 5.74) is -4.69. The molecule has 0 aliphatic rings. The molecule has 0 radical (unpaired) electrons. The first-order valence-corrected chi connectivity index (χ1v) is 22.2. The van der Waals surface area contributed by atoms with Gasteiger partial charge in [0.2, 0.25) is 0 Å². The summed E-state index contributed by atoms with van der Waals surface area (Å²) in [5.74, 6) is -4.21. The Morgan fingerprint density at radius 1 is 0.474 bits per heavy atom. The van der Waals surface area contributed by atoms with Gasteiger partial charge in [0.15, 0.2) is 0 Å². The topological polar surface area (TPSA) is 266 Å². The Morgan fingerprint density at radius 2 is 0.702 bits per heavy atom. The van der Waals surface area contributed by atoms with Gasteiger partial charge in [-0.3, -0.25) is 0 Å². The van der Waals surface area contributed by atoms with Crippen LogP contribution in [0, 0.1) is 21.4 Å². The Hall–Kier alpha value is -1.86. The van der Waals surface area contributed by atoms with Crippen LogP contribution in [-0.2, 0) is 33.8 Å². The van der Waals surface area contributed by atoms with Gasteiger partial charge in [-0.05, 0) is 172 Å². The van der Waals surface area contributed by atoms with Crippen LogP contribution in [0.4, 0.5) is 0 Å². The Kier molecular flexibility index (Phi) is 17.7. The Labute approximate surface area is 402 Å². The van der Waals surface area contributed by atoms with Gasteiger partial charge >= 0.3 is 35.0 Å². The van der Waals surface area contributed by atoms with Crippen molar-refractivity contribution in [2.24, 2.45) is 0 Å². The molecule has 3 aromatic carbocycles. The number of phenols is 3. The number of benzene rings is 3. The van der Waals surface area contributed by atoms with Crippen molar-refractivity contribution in [1.82, 2.24) is 13.7 Å². The second-order valence-corrected chi connectivity index (χ2v) is 19.0. The van der Waals surface area contributed by atoms with Crippen molar-refractivity contribution in [3.63, 3.8) is 0 Å². The van der Waals surface area contributed by atoms with E-state index in [1.807, 2.05) is 67.8 Å². The van der Waals surface area contributed by atoms with Crippen LogP contribution in [0.1, 0.15) is 31.1 Å². The molecule has 306 valence electrons. The van der Waals surface area contributed by atoms with Gasteiger partial charge in [0.1, 0.15) is 72.1 Å². The lowest BCUT2D eigenvalue weighted by Gasteiger charge is -2.19. The SMILES string of the molecule is O=C(OCC(O)Cn1c(=O)n(CC(O)COC(=O)c2cc(I)cc(I)c2O)c(=O)n(CC(O)COC(=O)c2cc(I)cc(I)c2O)c1=O)c1cc(I)cc(I)c1O. The van der Waals surface area contributed by atoms with Crippen LogP contribution in [-0.4, -0.2) is 100 Å². The number of aliphatic hydroxyl groups is 3. The molecule has 0 aliphatic carbocycles. The van der Waals surface area contributed by atoms with E-state index >= 15 is 0 Å². The first kappa shape index (κ1) is 47.8. The van der Waals surface area contributed by atoms with E-state index in [4.69, 9.17) is 14.2 Å². The smallest absolute Gasteiger partial charge is 0.342 e. The predicted molar refractivity (Wildman–Crippen MR) is 249 cm³/mol. The van der Waals surface area contributed by atoms with E-state index in [1.54, 1.807) is 86.0 Å². The monoisotopic (exact) mass is 1470 g/mol. The maximum absolute atomic E-state index is 13.6. The summed E-state index contributed by atoms with van der Waals surface area (Å²) in [5, 5.41) is 63.2. The highest BCUT2D eigenvalue weighted by atomic mass is 127. The molecule has 0 fully saturated rings. The number of hydrogen-bond donors (Lipinski definition) is 6. The molecule has 0 aliphatic heterocycles. The number of hydrogen-bond acceptors (Lipinski definition) is 15. The molecule has 4 rings (SSSR count). The van der Waals surface area contributed by atoms with Crippen LogP contribution in [0.2, 0.25) is 0 Å². The van der Waals surface area contributed by atoms with Crippen LogP contribution in [0.25, 0.3) is 0 Å². The highest BCUT2D eigenvalue weighted by molar-refractivity contribution is 14.1. The zero-order chi connectivity index (χ0) is 42.5. The number of phenolic OH excluding ortho intramolecular Hbond substituents is 3. The van der Waals surface area contributed by atoms with E-state index in [0.29, 0.717) is 35.1 Å². The molecular formula is C33H27I6N3O15. The average molecular weight is 1470 g/mol. The fourth-order valence-electron chi connectivity index (χ4n) is 4.86. The summed E-state index contributed by atoms with van der Waals surface area (Å²) in [4.78, 5) is 78.9. The van der Waals surface area contributed by atoms with Gasteiger partial charge in [-0.15, -0.1) is 0 Å². The van der Waals surface area contributed by atoms with Crippen LogP contribution in [0.5, 0.6) is 17.2 Å². The van der Waals surface area contributed by atoms with E-state index in [1.165, 1.54) is 18.2 Å². The van der Waals surface area contributed by atoms with Gasteiger partial charge in [-0.25, -0.2) is 42.5 Å². The van der Waals surface area contributed by atoms with Crippen LogP contribution < -0.4 is 17.1 Å². The predicted octanol–water partition coefficient (Wildman–Crippen LogP) is 2.57. The highest BCUT2D eigenvalue weighted by Crippen LogP contribution is 2.29. The van der Waals surface area contributed by atoms with Crippen LogP contribution >= 0.6 is 136 Å². The van der Waals surface area contributed by atoms with Gasteiger partial charge < -0.3 is 44.8 Å². The third-order valence-corrected chi connectivity index (χ3v) is 11.9. The van der Waals surface area contributed by atoms with Crippen molar-refractivity contribution in [3.8, 4) is 17.2 Å². The maximum Gasteiger partial charge on any atom is 0.342 e. The molecular weight excluding hydrogens is 1440 g/mol. The minimum atomic E-state index is -1.76.